The number of thioether (sulfide) groups is 1. The van der Waals surface area contributed by atoms with E-state index in [1.54, 1.807) is 30.0 Å². The molecule has 0 unspecified atom stereocenters. The molecular formula is C18H20ClNO2S. The van der Waals surface area contributed by atoms with Crippen LogP contribution in [-0.4, -0.2) is 23.3 Å². The minimum atomic E-state index is -0.644. The molecule has 0 radical (unpaired) electrons. The van der Waals surface area contributed by atoms with Gasteiger partial charge < -0.3 is 10.4 Å². The Hall–Kier alpha value is -1.49. The first-order chi connectivity index (χ1) is 11.1. The summed E-state index contributed by atoms with van der Waals surface area (Å²) in [4.78, 5) is 13.3. The number of rotatable bonds is 7. The second-order valence-corrected chi connectivity index (χ2v) is 6.79. The number of carbonyl (C=O) groups is 1. The number of aliphatic hydroxyl groups is 1. The Bertz CT molecular complexity index is 663. The number of carbonyl (C=O) groups excluding carboxylic acids is 1. The predicted molar refractivity (Wildman–Crippen MR) is 96.2 cm³/mol. The molecule has 2 N–H and O–H groups in total. The molecule has 1 atom stereocenters. The minimum absolute atomic E-state index is 0.111. The summed E-state index contributed by atoms with van der Waals surface area (Å²) in [6.07, 6.45) is -0.205. The van der Waals surface area contributed by atoms with Crippen molar-refractivity contribution in [3.8, 4) is 0 Å². The lowest BCUT2D eigenvalue weighted by molar-refractivity contribution is 0.0939. The van der Waals surface area contributed by atoms with Crippen LogP contribution in [0, 0.1) is 0 Å². The molecule has 5 heteroatoms. The van der Waals surface area contributed by atoms with Gasteiger partial charge in [-0.1, -0.05) is 42.8 Å². The zero-order chi connectivity index (χ0) is 16.7. The molecule has 1 amide bonds. The highest BCUT2D eigenvalue weighted by atomic mass is 35.5. The van der Waals surface area contributed by atoms with Crippen LogP contribution in [0.25, 0.3) is 0 Å². The van der Waals surface area contributed by atoms with Gasteiger partial charge in [0.05, 0.1) is 11.7 Å². The minimum Gasteiger partial charge on any atom is -0.388 e. The quantitative estimate of drug-likeness (QED) is 0.732. The van der Waals surface area contributed by atoms with Crippen LogP contribution in [0.15, 0.2) is 53.4 Å². The Balaban J connectivity index is 1.90. The first-order valence-corrected chi connectivity index (χ1v) is 8.91. The molecule has 23 heavy (non-hydrogen) atoms. The molecule has 0 aliphatic rings. The summed E-state index contributed by atoms with van der Waals surface area (Å²) < 4.78 is 0. The third-order valence-corrected chi connectivity index (χ3v) is 4.56. The monoisotopic (exact) mass is 349 g/mol. The molecule has 2 aromatic carbocycles. The van der Waals surface area contributed by atoms with Crippen LogP contribution in [0.3, 0.4) is 0 Å². The fourth-order valence-corrected chi connectivity index (χ4v) is 3.23. The summed E-state index contributed by atoms with van der Waals surface area (Å²) >= 11 is 7.56. The summed E-state index contributed by atoms with van der Waals surface area (Å²) in [6, 6.07) is 14.7. The first kappa shape index (κ1) is 17.9. The van der Waals surface area contributed by atoms with Crippen molar-refractivity contribution in [2.45, 2.75) is 24.3 Å². The summed E-state index contributed by atoms with van der Waals surface area (Å²) in [7, 11) is 0. The number of hydrogen-bond donors (Lipinski definition) is 2. The van der Waals surface area contributed by atoms with Gasteiger partial charge in [0.15, 0.2) is 0 Å². The third kappa shape index (κ3) is 5.27. The second kappa shape index (κ2) is 8.96. The normalized spacial score (nSPS) is 12.0. The van der Waals surface area contributed by atoms with Crippen LogP contribution in [0.1, 0.15) is 35.4 Å². The van der Waals surface area contributed by atoms with Gasteiger partial charge in [0.2, 0.25) is 0 Å². The lowest BCUT2D eigenvalue weighted by Crippen LogP contribution is -2.26. The maximum absolute atomic E-state index is 12.3. The molecule has 3 nitrogen and oxygen atoms in total. The number of nitrogens with one attached hydrogen (secondary N) is 1. The van der Waals surface area contributed by atoms with Crippen LogP contribution in [0.4, 0.5) is 0 Å². The molecule has 0 spiro atoms. The molecule has 2 rings (SSSR count). The summed E-state index contributed by atoms with van der Waals surface area (Å²) in [5, 5.41) is 13.6. The zero-order valence-corrected chi connectivity index (χ0v) is 14.5. The Morgan fingerprint density at radius 1 is 1.26 bits per heavy atom. The number of halogens is 1. The molecule has 2 aromatic rings. The van der Waals surface area contributed by atoms with Crippen molar-refractivity contribution in [2.75, 3.05) is 12.3 Å². The van der Waals surface area contributed by atoms with E-state index in [0.29, 0.717) is 23.6 Å². The third-order valence-electron chi connectivity index (χ3n) is 3.37. The van der Waals surface area contributed by atoms with Gasteiger partial charge >= 0.3 is 0 Å². The van der Waals surface area contributed by atoms with E-state index in [1.165, 1.54) is 0 Å². The van der Waals surface area contributed by atoms with Crippen LogP contribution < -0.4 is 5.32 Å². The fraction of sp³-hybridized carbons (Fsp3) is 0.278. The molecule has 0 saturated carbocycles. The summed E-state index contributed by atoms with van der Waals surface area (Å²) in [5.41, 5.74) is 1.44. The maximum Gasteiger partial charge on any atom is 0.252 e. The smallest absolute Gasteiger partial charge is 0.252 e. The molecular weight excluding hydrogens is 330 g/mol. The van der Waals surface area contributed by atoms with Crippen molar-refractivity contribution in [1.29, 1.82) is 0 Å². The van der Waals surface area contributed by atoms with Crippen molar-refractivity contribution >= 4 is 29.3 Å². The standard InChI is InChI=1S/C18H20ClNO2S/c1-2-23-17-9-4-3-8-15(17)18(22)20-11-10-16(21)13-6-5-7-14(19)12-13/h3-9,12,16,21H,2,10-11H2,1H3,(H,20,22)/t16-/m1/s1. The molecule has 0 bridgehead atoms. The average Bonchev–Trinajstić information content (AvgIpc) is 2.55. The van der Waals surface area contributed by atoms with Gasteiger partial charge in [0.25, 0.3) is 5.91 Å². The fourth-order valence-electron chi connectivity index (χ4n) is 2.23. The molecule has 122 valence electrons. The average molecular weight is 350 g/mol. The van der Waals surface area contributed by atoms with Gasteiger partial charge in [-0.3, -0.25) is 4.79 Å². The van der Waals surface area contributed by atoms with Crippen LogP contribution >= 0.6 is 23.4 Å². The first-order valence-electron chi connectivity index (χ1n) is 7.55. The van der Waals surface area contributed by atoms with Gasteiger partial charge in [-0.2, -0.15) is 0 Å². The predicted octanol–water partition coefficient (Wildman–Crippen LogP) is 4.31. The summed E-state index contributed by atoms with van der Waals surface area (Å²) in [5.74, 6) is 0.803. The topological polar surface area (TPSA) is 49.3 Å². The van der Waals surface area contributed by atoms with Crippen molar-refractivity contribution in [3.05, 3.63) is 64.7 Å². The van der Waals surface area contributed by atoms with Crippen molar-refractivity contribution < 1.29 is 9.90 Å². The van der Waals surface area contributed by atoms with Crippen LogP contribution in [-0.2, 0) is 0 Å². The van der Waals surface area contributed by atoms with Crippen molar-refractivity contribution in [3.63, 3.8) is 0 Å². The van der Waals surface area contributed by atoms with E-state index in [2.05, 4.69) is 12.2 Å². The number of amides is 1. The lowest BCUT2D eigenvalue weighted by atomic mass is 10.1. The lowest BCUT2D eigenvalue weighted by Gasteiger charge is -2.13. The Morgan fingerprint density at radius 2 is 2.04 bits per heavy atom. The van der Waals surface area contributed by atoms with Gasteiger partial charge in [-0.15, -0.1) is 11.8 Å². The van der Waals surface area contributed by atoms with Crippen LogP contribution in [0.5, 0.6) is 0 Å². The van der Waals surface area contributed by atoms with E-state index < -0.39 is 6.10 Å². The maximum atomic E-state index is 12.3. The largest absolute Gasteiger partial charge is 0.388 e. The number of benzene rings is 2. The number of hydrogen-bond acceptors (Lipinski definition) is 3. The highest BCUT2D eigenvalue weighted by Crippen LogP contribution is 2.22. The second-order valence-electron chi connectivity index (χ2n) is 5.04. The van der Waals surface area contributed by atoms with E-state index in [9.17, 15) is 9.90 Å². The Kier molecular flexibility index (Phi) is 6.96. The summed E-state index contributed by atoms with van der Waals surface area (Å²) in [6.45, 7) is 2.46. The molecule has 0 aliphatic heterocycles. The van der Waals surface area contributed by atoms with E-state index in [4.69, 9.17) is 11.6 Å². The molecule has 0 heterocycles. The Morgan fingerprint density at radius 3 is 2.78 bits per heavy atom. The number of aliphatic hydroxyl groups excluding tert-OH is 1. The van der Waals surface area contributed by atoms with E-state index in [-0.39, 0.29) is 5.91 Å². The van der Waals surface area contributed by atoms with Crippen molar-refractivity contribution in [2.24, 2.45) is 0 Å². The highest BCUT2D eigenvalue weighted by molar-refractivity contribution is 7.99. The van der Waals surface area contributed by atoms with E-state index >= 15 is 0 Å². The van der Waals surface area contributed by atoms with Gasteiger partial charge in [0, 0.05) is 16.5 Å². The van der Waals surface area contributed by atoms with Gasteiger partial charge in [-0.05, 0) is 42.0 Å². The molecule has 0 aliphatic carbocycles. The zero-order valence-electron chi connectivity index (χ0n) is 13.0. The van der Waals surface area contributed by atoms with Crippen LogP contribution in [0.2, 0.25) is 5.02 Å². The molecule has 0 fully saturated rings. The van der Waals surface area contributed by atoms with E-state index in [1.807, 2.05) is 30.3 Å². The van der Waals surface area contributed by atoms with Crippen molar-refractivity contribution in [1.82, 2.24) is 5.32 Å². The van der Waals surface area contributed by atoms with Gasteiger partial charge in [-0.25, -0.2) is 0 Å². The highest BCUT2D eigenvalue weighted by Gasteiger charge is 2.12. The molecule has 0 saturated heterocycles. The van der Waals surface area contributed by atoms with Gasteiger partial charge in [0.1, 0.15) is 0 Å². The van der Waals surface area contributed by atoms with E-state index in [0.717, 1.165) is 16.2 Å². The Labute approximate surface area is 146 Å². The molecule has 0 aromatic heterocycles. The SMILES string of the molecule is CCSc1ccccc1C(=O)NCC[C@@H](O)c1cccc(Cl)c1.